The minimum atomic E-state index is 0.286. The average molecular weight is 366 g/mol. The highest BCUT2D eigenvalue weighted by atomic mass is 32.2. The molecule has 1 fully saturated rings. The molecule has 1 aromatic rings. The van der Waals surface area contributed by atoms with Gasteiger partial charge in [-0.15, -0.1) is 11.8 Å². The predicted octanol–water partition coefficient (Wildman–Crippen LogP) is 2.84. The highest BCUT2D eigenvalue weighted by Crippen LogP contribution is 2.17. The van der Waals surface area contributed by atoms with Gasteiger partial charge in [-0.05, 0) is 38.8 Å². The van der Waals surface area contributed by atoms with Gasteiger partial charge in [-0.2, -0.15) is 0 Å². The Kier molecular flexibility index (Phi) is 9.77. The van der Waals surface area contributed by atoms with Crippen molar-refractivity contribution in [1.29, 1.82) is 0 Å². The third-order valence-electron chi connectivity index (χ3n) is 3.84. The lowest BCUT2D eigenvalue weighted by molar-refractivity contribution is 0.0424. The zero-order valence-corrected chi connectivity index (χ0v) is 16.2. The van der Waals surface area contributed by atoms with E-state index < -0.39 is 0 Å². The van der Waals surface area contributed by atoms with E-state index in [0.717, 1.165) is 64.0 Å². The zero-order valence-electron chi connectivity index (χ0n) is 15.4. The van der Waals surface area contributed by atoms with Crippen molar-refractivity contribution in [3.05, 3.63) is 29.8 Å². The van der Waals surface area contributed by atoms with Crippen LogP contribution in [0, 0.1) is 6.92 Å². The molecule has 1 heterocycles. The fourth-order valence-corrected chi connectivity index (χ4v) is 3.23. The predicted molar refractivity (Wildman–Crippen MR) is 106 cm³/mol. The molecule has 2 rings (SSSR count). The molecule has 25 heavy (non-hydrogen) atoms. The van der Waals surface area contributed by atoms with Gasteiger partial charge in [0.05, 0.1) is 12.7 Å². The molecule has 1 aliphatic heterocycles. The topological polar surface area (TPSA) is 54.9 Å². The Bertz CT molecular complexity index is 502. The molecule has 5 nitrogen and oxygen atoms in total. The second-order valence-corrected chi connectivity index (χ2v) is 7.23. The van der Waals surface area contributed by atoms with Crippen LogP contribution < -0.4 is 10.6 Å². The van der Waals surface area contributed by atoms with E-state index in [1.54, 1.807) is 0 Å². The molecule has 1 atom stereocenters. The first-order valence-corrected chi connectivity index (χ1v) is 10.2. The Morgan fingerprint density at radius 2 is 2.16 bits per heavy atom. The van der Waals surface area contributed by atoms with E-state index in [4.69, 9.17) is 9.47 Å². The maximum Gasteiger partial charge on any atom is 0.191 e. The fraction of sp³-hybridized carbons (Fsp3) is 0.632. The van der Waals surface area contributed by atoms with Gasteiger partial charge in [0, 0.05) is 43.5 Å². The molecular weight excluding hydrogens is 334 g/mol. The molecule has 0 saturated carbocycles. The van der Waals surface area contributed by atoms with Crippen LogP contribution in [0.3, 0.4) is 0 Å². The van der Waals surface area contributed by atoms with Crippen LogP contribution in [0.2, 0.25) is 0 Å². The van der Waals surface area contributed by atoms with Gasteiger partial charge in [0.1, 0.15) is 0 Å². The summed E-state index contributed by atoms with van der Waals surface area (Å²) in [6.45, 7) is 9.05. The van der Waals surface area contributed by atoms with Gasteiger partial charge >= 0.3 is 0 Å². The van der Waals surface area contributed by atoms with E-state index in [2.05, 4.69) is 53.7 Å². The van der Waals surface area contributed by atoms with Crippen molar-refractivity contribution >= 4 is 17.7 Å². The summed E-state index contributed by atoms with van der Waals surface area (Å²) in [7, 11) is 0. The van der Waals surface area contributed by atoms with Crippen molar-refractivity contribution in [2.45, 2.75) is 37.7 Å². The number of nitrogens with one attached hydrogen (secondary N) is 2. The van der Waals surface area contributed by atoms with E-state index >= 15 is 0 Å². The summed E-state index contributed by atoms with van der Waals surface area (Å²) in [5.41, 5.74) is 1.30. The SMILES string of the molecule is CCNC(=NCCCOC1CCOC1)NCCSc1ccc(C)cc1. The number of hydrogen-bond acceptors (Lipinski definition) is 4. The largest absolute Gasteiger partial charge is 0.379 e. The third kappa shape index (κ3) is 8.61. The van der Waals surface area contributed by atoms with Crippen molar-refractivity contribution in [2.24, 2.45) is 4.99 Å². The lowest BCUT2D eigenvalue weighted by atomic mass is 10.2. The van der Waals surface area contributed by atoms with Crippen LogP contribution in [0.5, 0.6) is 0 Å². The number of aryl methyl sites for hydroxylation is 1. The molecule has 0 aromatic heterocycles. The average Bonchev–Trinajstić information content (AvgIpc) is 3.13. The smallest absolute Gasteiger partial charge is 0.191 e. The summed E-state index contributed by atoms with van der Waals surface area (Å²) in [5, 5.41) is 6.68. The lowest BCUT2D eigenvalue weighted by Crippen LogP contribution is -2.38. The Morgan fingerprint density at radius 1 is 1.32 bits per heavy atom. The van der Waals surface area contributed by atoms with Gasteiger partial charge in [-0.25, -0.2) is 0 Å². The second-order valence-electron chi connectivity index (χ2n) is 6.06. The molecule has 1 aromatic carbocycles. The molecule has 1 saturated heterocycles. The number of benzene rings is 1. The van der Waals surface area contributed by atoms with Gasteiger partial charge in [-0.1, -0.05) is 17.7 Å². The second kappa shape index (κ2) is 12.2. The van der Waals surface area contributed by atoms with Crippen molar-refractivity contribution in [1.82, 2.24) is 10.6 Å². The highest BCUT2D eigenvalue weighted by Gasteiger charge is 2.15. The van der Waals surface area contributed by atoms with Gasteiger partial charge in [0.15, 0.2) is 5.96 Å². The molecule has 6 heteroatoms. The van der Waals surface area contributed by atoms with Gasteiger partial charge in [-0.3, -0.25) is 4.99 Å². The van der Waals surface area contributed by atoms with E-state index in [1.807, 2.05) is 11.8 Å². The van der Waals surface area contributed by atoms with Crippen molar-refractivity contribution < 1.29 is 9.47 Å². The fourth-order valence-electron chi connectivity index (χ4n) is 2.46. The number of thioether (sulfide) groups is 1. The first-order chi connectivity index (χ1) is 12.3. The van der Waals surface area contributed by atoms with Crippen molar-refractivity contribution in [2.75, 3.05) is 45.2 Å². The number of rotatable bonds is 10. The Hall–Kier alpha value is -1.24. The van der Waals surface area contributed by atoms with Crippen LogP contribution in [0.15, 0.2) is 34.2 Å². The summed E-state index contributed by atoms with van der Waals surface area (Å²) >= 11 is 1.86. The van der Waals surface area contributed by atoms with Gasteiger partial charge in [0.2, 0.25) is 0 Å². The van der Waals surface area contributed by atoms with E-state index in [1.165, 1.54) is 10.5 Å². The number of nitrogens with zero attached hydrogens (tertiary/aromatic N) is 1. The van der Waals surface area contributed by atoms with Crippen molar-refractivity contribution in [3.8, 4) is 0 Å². The monoisotopic (exact) mass is 365 g/mol. The molecule has 1 unspecified atom stereocenters. The molecule has 140 valence electrons. The quantitative estimate of drug-likeness (QED) is 0.289. The van der Waals surface area contributed by atoms with Crippen LogP contribution in [0.4, 0.5) is 0 Å². The van der Waals surface area contributed by atoms with Crippen LogP contribution in [0.1, 0.15) is 25.3 Å². The van der Waals surface area contributed by atoms with Gasteiger partial charge in [0.25, 0.3) is 0 Å². The summed E-state index contributed by atoms with van der Waals surface area (Å²) in [6, 6.07) is 8.66. The minimum Gasteiger partial charge on any atom is -0.379 e. The first-order valence-electron chi connectivity index (χ1n) is 9.19. The first kappa shape index (κ1) is 20.1. The lowest BCUT2D eigenvalue weighted by Gasteiger charge is -2.12. The van der Waals surface area contributed by atoms with Crippen LogP contribution in [-0.2, 0) is 9.47 Å². The Balaban J connectivity index is 1.58. The molecule has 2 N–H and O–H groups in total. The molecule has 0 radical (unpaired) electrons. The van der Waals surface area contributed by atoms with E-state index in [9.17, 15) is 0 Å². The number of aliphatic imine (C=N–C) groups is 1. The zero-order chi connectivity index (χ0) is 17.7. The third-order valence-corrected chi connectivity index (χ3v) is 4.86. The molecule has 0 spiro atoms. The standard InChI is InChI=1S/C19H31N3O2S/c1-3-20-19(21-10-4-12-24-17-9-13-23-15-17)22-11-14-25-18-7-5-16(2)6-8-18/h5-8,17H,3-4,9-15H2,1-2H3,(H2,20,21,22). The van der Waals surface area contributed by atoms with Crippen LogP contribution in [-0.4, -0.2) is 57.3 Å². The van der Waals surface area contributed by atoms with Gasteiger partial charge < -0.3 is 20.1 Å². The number of guanidine groups is 1. The van der Waals surface area contributed by atoms with Crippen LogP contribution >= 0.6 is 11.8 Å². The molecule has 0 amide bonds. The van der Waals surface area contributed by atoms with Crippen molar-refractivity contribution in [3.63, 3.8) is 0 Å². The summed E-state index contributed by atoms with van der Waals surface area (Å²) in [5.74, 6) is 1.90. The number of hydrogen-bond donors (Lipinski definition) is 2. The highest BCUT2D eigenvalue weighted by molar-refractivity contribution is 7.99. The maximum absolute atomic E-state index is 5.76. The molecule has 1 aliphatic rings. The van der Waals surface area contributed by atoms with E-state index in [0.29, 0.717) is 0 Å². The van der Waals surface area contributed by atoms with Crippen LogP contribution in [0.25, 0.3) is 0 Å². The number of ether oxygens (including phenoxy) is 2. The Labute approximate surface area is 156 Å². The molecular formula is C19H31N3O2S. The minimum absolute atomic E-state index is 0.286. The molecule has 0 bridgehead atoms. The molecule has 0 aliphatic carbocycles. The van der Waals surface area contributed by atoms with E-state index in [-0.39, 0.29) is 6.10 Å². The maximum atomic E-state index is 5.76. The summed E-state index contributed by atoms with van der Waals surface area (Å²) in [4.78, 5) is 5.92. The summed E-state index contributed by atoms with van der Waals surface area (Å²) < 4.78 is 11.1. The normalized spacial score (nSPS) is 17.7. The summed E-state index contributed by atoms with van der Waals surface area (Å²) in [6.07, 6.45) is 2.24. The Morgan fingerprint density at radius 3 is 2.88 bits per heavy atom.